The molecule has 0 heterocycles. The van der Waals surface area contributed by atoms with Gasteiger partial charge in [0, 0.05) is 5.54 Å². The van der Waals surface area contributed by atoms with Crippen molar-refractivity contribution in [1.82, 2.24) is 4.72 Å². The van der Waals surface area contributed by atoms with E-state index >= 15 is 0 Å². The quantitative estimate of drug-likeness (QED) is 0.523. The summed E-state index contributed by atoms with van der Waals surface area (Å²) in [6.45, 7) is 3.15. The Kier molecular flexibility index (Phi) is 6.06. The molecule has 0 aliphatic heterocycles. The van der Waals surface area contributed by atoms with Crippen LogP contribution >= 0.6 is 0 Å². The van der Waals surface area contributed by atoms with E-state index < -0.39 is 27.7 Å². The summed E-state index contributed by atoms with van der Waals surface area (Å²) in [4.78, 5) is 3.93. The SMILES string of the molecule is CC(C)(CN=C(N)Nc1ccccc1OC(F)(F)F)NS(C)(=O)=O. The highest BCUT2D eigenvalue weighted by molar-refractivity contribution is 7.88. The molecule has 0 amide bonds. The molecule has 0 saturated carbocycles. The number of para-hydroxylation sites is 2. The molecule has 0 bridgehead atoms. The maximum Gasteiger partial charge on any atom is 0.573 e. The second-order valence-corrected chi connectivity index (χ2v) is 7.38. The number of nitrogens with zero attached hydrogens (tertiary/aromatic N) is 1. The number of nitrogens with two attached hydrogens (primary N) is 1. The number of rotatable bonds is 6. The van der Waals surface area contributed by atoms with Crippen molar-refractivity contribution in [1.29, 1.82) is 0 Å². The Hall–Kier alpha value is -2.01. The fourth-order valence-electron chi connectivity index (χ4n) is 1.78. The first kappa shape index (κ1) is 20.0. The third kappa shape index (κ3) is 8.02. The number of alkyl halides is 3. The zero-order valence-electron chi connectivity index (χ0n) is 13.3. The maximum atomic E-state index is 12.3. The zero-order valence-corrected chi connectivity index (χ0v) is 14.1. The summed E-state index contributed by atoms with van der Waals surface area (Å²) in [6, 6.07) is 5.33. The molecule has 7 nitrogen and oxygen atoms in total. The highest BCUT2D eigenvalue weighted by Crippen LogP contribution is 2.29. The van der Waals surface area contributed by atoms with Crippen molar-refractivity contribution < 1.29 is 26.3 Å². The highest BCUT2D eigenvalue weighted by atomic mass is 32.2. The molecular formula is C13H19F3N4O3S. The Labute approximate surface area is 138 Å². The number of nitrogens with one attached hydrogen (secondary N) is 2. The molecule has 11 heteroatoms. The molecule has 136 valence electrons. The summed E-state index contributed by atoms with van der Waals surface area (Å²) in [5.74, 6) is -0.645. The van der Waals surface area contributed by atoms with E-state index in [1.165, 1.54) is 18.2 Å². The summed E-state index contributed by atoms with van der Waals surface area (Å²) >= 11 is 0. The van der Waals surface area contributed by atoms with E-state index in [1.54, 1.807) is 13.8 Å². The van der Waals surface area contributed by atoms with Crippen molar-refractivity contribution in [2.75, 3.05) is 18.1 Å². The number of sulfonamides is 1. The van der Waals surface area contributed by atoms with E-state index in [0.717, 1.165) is 12.3 Å². The van der Waals surface area contributed by atoms with Crippen molar-refractivity contribution in [3.63, 3.8) is 0 Å². The Morgan fingerprint density at radius 3 is 2.42 bits per heavy atom. The number of halogens is 3. The Morgan fingerprint density at radius 1 is 1.29 bits per heavy atom. The Bertz CT molecular complexity index is 703. The number of aliphatic imine (C=N–C) groups is 1. The second kappa shape index (κ2) is 7.26. The Morgan fingerprint density at radius 2 is 1.88 bits per heavy atom. The van der Waals surface area contributed by atoms with Crippen LogP contribution in [0.4, 0.5) is 18.9 Å². The number of guanidine groups is 1. The molecule has 0 aliphatic rings. The predicted octanol–water partition coefficient (Wildman–Crippen LogP) is 1.64. The lowest BCUT2D eigenvalue weighted by molar-refractivity contribution is -0.274. The first-order chi connectivity index (χ1) is 10.8. The summed E-state index contributed by atoms with van der Waals surface area (Å²) < 4.78 is 65.7. The molecule has 0 fully saturated rings. The molecule has 1 aromatic rings. The fraction of sp³-hybridized carbons (Fsp3) is 0.462. The van der Waals surface area contributed by atoms with E-state index in [9.17, 15) is 21.6 Å². The normalized spacial score (nSPS) is 13.7. The van der Waals surface area contributed by atoms with Gasteiger partial charge in [-0.2, -0.15) is 0 Å². The summed E-state index contributed by atoms with van der Waals surface area (Å²) in [7, 11) is -3.44. The molecule has 24 heavy (non-hydrogen) atoms. The molecule has 0 unspecified atom stereocenters. The van der Waals surface area contributed by atoms with Crippen LogP contribution in [0.15, 0.2) is 29.3 Å². The fourth-order valence-corrected chi connectivity index (χ4v) is 2.85. The molecule has 0 aromatic heterocycles. The van der Waals surface area contributed by atoms with Gasteiger partial charge in [0.05, 0.1) is 18.5 Å². The number of hydrogen-bond acceptors (Lipinski definition) is 4. The smallest absolute Gasteiger partial charge is 0.404 e. The Balaban J connectivity index is 2.83. The van der Waals surface area contributed by atoms with Gasteiger partial charge in [0.25, 0.3) is 0 Å². The van der Waals surface area contributed by atoms with Gasteiger partial charge in [-0.05, 0) is 26.0 Å². The van der Waals surface area contributed by atoms with Gasteiger partial charge in [-0.3, -0.25) is 4.99 Å². The molecule has 1 aromatic carbocycles. The molecule has 0 spiro atoms. The lowest BCUT2D eigenvalue weighted by Crippen LogP contribution is -2.45. The van der Waals surface area contributed by atoms with Crippen LogP contribution in [0, 0.1) is 0 Å². The van der Waals surface area contributed by atoms with Gasteiger partial charge < -0.3 is 15.8 Å². The number of anilines is 1. The summed E-state index contributed by atoms with van der Waals surface area (Å²) in [5, 5.41) is 2.49. The monoisotopic (exact) mass is 368 g/mol. The van der Waals surface area contributed by atoms with Crippen molar-refractivity contribution in [2.45, 2.75) is 25.7 Å². The van der Waals surface area contributed by atoms with Gasteiger partial charge in [-0.1, -0.05) is 12.1 Å². The molecule has 0 aliphatic carbocycles. The average molecular weight is 368 g/mol. The number of hydrogen-bond donors (Lipinski definition) is 3. The first-order valence-corrected chi connectivity index (χ1v) is 8.57. The topological polar surface area (TPSA) is 106 Å². The lowest BCUT2D eigenvalue weighted by Gasteiger charge is -2.23. The minimum Gasteiger partial charge on any atom is -0.404 e. The van der Waals surface area contributed by atoms with Gasteiger partial charge in [-0.25, -0.2) is 13.1 Å². The van der Waals surface area contributed by atoms with E-state index in [4.69, 9.17) is 5.73 Å². The van der Waals surface area contributed by atoms with Gasteiger partial charge in [0.15, 0.2) is 11.7 Å². The van der Waals surface area contributed by atoms with Crippen LogP contribution in [0.1, 0.15) is 13.8 Å². The minimum absolute atomic E-state index is 0.0232. The van der Waals surface area contributed by atoms with Gasteiger partial charge in [-0.15, -0.1) is 13.2 Å². The van der Waals surface area contributed by atoms with Gasteiger partial charge >= 0.3 is 6.36 Å². The number of benzene rings is 1. The van der Waals surface area contributed by atoms with E-state index in [1.807, 2.05) is 0 Å². The minimum atomic E-state index is -4.84. The highest BCUT2D eigenvalue weighted by Gasteiger charge is 2.32. The van der Waals surface area contributed by atoms with Gasteiger partial charge in [0.1, 0.15) is 0 Å². The van der Waals surface area contributed by atoms with Crippen LogP contribution in [-0.4, -0.2) is 39.1 Å². The zero-order chi connectivity index (χ0) is 18.6. The largest absolute Gasteiger partial charge is 0.573 e. The second-order valence-electron chi connectivity index (χ2n) is 5.63. The van der Waals surface area contributed by atoms with E-state index in [-0.39, 0.29) is 18.2 Å². The molecular weight excluding hydrogens is 349 g/mol. The van der Waals surface area contributed by atoms with Crippen molar-refractivity contribution in [3.05, 3.63) is 24.3 Å². The third-order valence-corrected chi connectivity index (χ3v) is 3.41. The van der Waals surface area contributed by atoms with E-state index in [0.29, 0.717) is 0 Å². The van der Waals surface area contributed by atoms with Crippen LogP contribution in [0.2, 0.25) is 0 Å². The van der Waals surface area contributed by atoms with Crippen LogP contribution < -0.4 is 20.5 Å². The average Bonchev–Trinajstić information content (AvgIpc) is 2.34. The number of ether oxygens (including phenoxy) is 1. The summed E-state index contributed by atoms with van der Waals surface area (Å²) in [6.07, 6.45) is -3.84. The molecule has 0 saturated heterocycles. The molecule has 0 atom stereocenters. The van der Waals surface area contributed by atoms with Gasteiger partial charge in [0.2, 0.25) is 10.0 Å². The van der Waals surface area contributed by atoms with E-state index in [2.05, 4.69) is 19.8 Å². The first-order valence-electron chi connectivity index (χ1n) is 6.68. The molecule has 1 rings (SSSR count). The lowest BCUT2D eigenvalue weighted by atomic mass is 10.1. The van der Waals surface area contributed by atoms with Crippen molar-refractivity contribution in [2.24, 2.45) is 10.7 Å². The summed E-state index contributed by atoms with van der Waals surface area (Å²) in [5.41, 5.74) is 4.70. The standard InChI is InChI=1S/C13H19F3N4O3S/c1-12(2,20-24(3,21)22)8-18-11(17)19-9-6-4-5-7-10(9)23-13(14,15)16/h4-7,20H,8H2,1-3H3,(H3,17,18,19). The maximum absolute atomic E-state index is 12.3. The van der Waals surface area contributed by atoms with Crippen molar-refractivity contribution >= 4 is 21.7 Å². The molecule has 0 radical (unpaired) electrons. The predicted molar refractivity (Wildman–Crippen MR) is 85.3 cm³/mol. The third-order valence-electron chi connectivity index (χ3n) is 2.48. The van der Waals surface area contributed by atoms with Crippen LogP contribution in [-0.2, 0) is 10.0 Å². The van der Waals surface area contributed by atoms with Crippen LogP contribution in [0.3, 0.4) is 0 Å². The molecule has 4 N–H and O–H groups in total. The van der Waals surface area contributed by atoms with Crippen LogP contribution in [0.25, 0.3) is 0 Å². The van der Waals surface area contributed by atoms with Crippen molar-refractivity contribution in [3.8, 4) is 5.75 Å². The van der Waals surface area contributed by atoms with Crippen LogP contribution in [0.5, 0.6) is 5.75 Å².